The molecule has 1 atom stereocenters. The van der Waals surface area contributed by atoms with Crippen molar-refractivity contribution < 1.29 is 9.53 Å². The van der Waals surface area contributed by atoms with Crippen LogP contribution in [-0.2, 0) is 16.1 Å². The monoisotopic (exact) mass is 293 g/mol. The standard InChI is InChI=1S/C14H23N5O2/c20-14(12-19-5-3-15-16-19)18-4-1-2-13(11-18)10-17-6-8-21-9-7-17/h3,5,13H,1-2,4,6-12H2/t13-/m1/s1. The Labute approximate surface area is 124 Å². The van der Waals surface area contributed by atoms with Gasteiger partial charge >= 0.3 is 0 Å². The number of likely N-dealkylation sites (tertiary alicyclic amines) is 1. The molecule has 116 valence electrons. The summed E-state index contributed by atoms with van der Waals surface area (Å²) in [6.45, 7) is 6.81. The predicted octanol–water partition coefficient (Wildman–Crippen LogP) is -0.151. The van der Waals surface area contributed by atoms with Gasteiger partial charge in [-0.05, 0) is 18.8 Å². The smallest absolute Gasteiger partial charge is 0.244 e. The summed E-state index contributed by atoms with van der Waals surface area (Å²) in [6, 6.07) is 0. The molecule has 7 heteroatoms. The second-order valence-corrected chi connectivity index (χ2v) is 5.86. The number of carbonyl (C=O) groups excluding carboxylic acids is 1. The SMILES string of the molecule is O=C(Cn1ccnn1)N1CCC[C@H](CN2CCOCC2)C1. The zero-order chi connectivity index (χ0) is 14.5. The first-order valence-electron chi connectivity index (χ1n) is 7.73. The number of rotatable bonds is 4. The van der Waals surface area contributed by atoms with E-state index in [2.05, 4.69) is 15.2 Å². The summed E-state index contributed by atoms with van der Waals surface area (Å²) in [6.07, 6.45) is 5.64. The van der Waals surface area contributed by atoms with Crippen LogP contribution >= 0.6 is 0 Å². The molecule has 0 bridgehead atoms. The molecular weight excluding hydrogens is 270 g/mol. The number of amides is 1. The normalized spacial score (nSPS) is 24.2. The first-order chi connectivity index (χ1) is 10.3. The van der Waals surface area contributed by atoms with Gasteiger partial charge < -0.3 is 9.64 Å². The Bertz CT molecular complexity index is 444. The van der Waals surface area contributed by atoms with Crippen molar-refractivity contribution in [3.05, 3.63) is 12.4 Å². The molecule has 0 spiro atoms. The van der Waals surface area contributed by atoms with Crippen molar-refractivity contribution >= 4 is 5.91 Å². The molecule has 3 rings (SSSR count). The summed E-state index contributed by atoms with van der Waals surface area (Å²) in [4.78, 5) is 16.7. The quantitative estimate of drug-likeness (QED) is 0.772. The largest absolute Gasteiger partial charge is 0.379 e. The molecule has 0 aliphatic carbocycles. The molecule has 1 amide bonds. The van der Waals surface area contributed by atoms with E-state index in [9.17, 15) is 4.79 Å². The average molecular weight is 293 g/mol. The molecule has 2 saturated heterocycles. The molecular formula is C14H23N5O2. The fourth-order valence-electron chi connectivity index (χ4n) is 3.15. The fraction of sp³-hybridized carbons (Fsp3) is 0.786. The molecule has 1 aromatic heterocycles. The van der Waals surface area contributed by atoms with Crippen molar-refractivity contribution in [2.75, 3.05) is 45.9 Å². The van der Waals surface area contributed by atoms with Gasteiger partial charge in [-0.2, -0.15) is 0 Å². The Hall–Kier alpha value is -1.47. The Morgan fingerprint density at radius 2 is 2.14 bits per heavy atom. The Balaban J connectivity index is 1.49. The lowest BCUT2D eigenvalue weighted by molar-refractivity contribution is -0.134. The van der Waals surface area contributed by atoms with E-state index in [0.717, 1.165) is 52.4 Å². The summed E-state index contributed by atoms with van der Waals surface area (Å²) in [7, 11) is 0. The lowest BCUT2D eigenvalue weighted by Crippen LogP contribution is -2.46. The van der Waals surface area contributed by atoms with Gasteiger partial charge in [-0.3, -0.25) is 9.69 Å². The number of hydrogen-bond acceptors (Lipinski definition) is 5. The van der Waals surface area contributed by atoms with E-state index in [1.54, 1.807) is 17.1 Å². The van der Waals surface area contributed by atoms with Crippen molar-refractivity contribution in [2.45, 2.75) is 19.4 Å². The summed E-state index contributed by atoms with van der Waals surface area (Å²) < 4.78 is 6.98. The predicted molar refractivity (Wildman–Crippen MR) is 76.6 cm³/mol. The number of hydrogen-bond donors (Lipinski definition) is 0. The van der Waals surface area contributed by atoms with Crippen LogP contribution in [0, 0.1) is 5.92 Å². The zero-order valence-electron chi connectivity index (χ0n) is 12.4. The first kappa shape index (κ1) is 14.5. The van der Waals surface area contributed by atoms with Crippen LogP contribution in [-0.4, -0.2) is 76.6 Å². The number of aromatic nitrogens is 3. The summed E-state index contributed by atoms with van der Waals surface area (Å²) >= 11 is 0. The third-order valence-corrected chi connectivity index (χ3v) is 4.26. The van der Waals surface area contributed by atoms with Crippen LogP contribution in [0.15, 0.2) is 12.4 Å². The minimum atomic E-state index is 0.146. The molecule has 0 radical (unpaired) electrons. The molecule has 2 fully saturated rings. The lowest BCUT2D eigenvalue weighted by Gasteiger charge is -2.36. The topological polar surface area (TPSA) is 63.5 Å². The van der Waals surface area contributed by atoms with Crippen LogP contribution in [0.25, 0.3) is 0 Å². The van der Waals surface area contributed by atoms with Gasteiger partial charge in [-0.15, -0.1) is 5.10 Å². The van der Waals surface area contributed by atoms with Crippen molar-refractivity contribution in [2.24, 2.45) is 5.92 Å². The maximum Gasteiger partial charge on any atom is 0.244 e. The number of morpholine rings is 1. The maximum atomic E-state index is 12.3. The second kappa shape index (κ2) is 7.00. The number of piperidine rings is 1. The Morgan fingerprint density at radius 1 is 1.29 bits per heavy atom. The molecule has 0 aromatic carbocycles. The van der Waals surface area contributed by atoms with Crippen LogP contribution in [0.4, 0.5) is 0 Å². The minimum absolute atomic E-state index is 0.146. The van der Waals surface area contributed by atoms with E-state index in [0.29, 0.717) is 12.5 Å². The van der Waals surface area contributed by atoms with Gasteiger partial charge in [0, 0.05) is 38.9 Å². The molecule has 0 saturated carbocycles. The van der Waals surface area contributed by atoms with Crippen LogP contribution in [0.5, 0.6) is 0 Å². The van der Waals surface area contributed by atoms with Gasteiger partial charge in [0.15, 0.2) is 0 Å². The highest BCUT2D eigenvalue weighted by molar-refractivity contribution is 5.76. The molecule has 2 aliphatic heterocycles. The van der Waals surface area contributed by atoms with E-state index in [1.165, 1.54) is 6.42 Å². The molecule has 21 heavy (non-hydrogen) atoms. The maximum absolute atomic E-state index is 12.3. The molecule has 7 nitrogen and oxygen atoms in total. The zero-order valence-corrected chi connectivity index (χ0v) is 12.4. The highest BCUT2D eigenvalue weighted by Crippen LogP contribution is 2.18. The van der Waals surface area contributed by atoms with Crippen molar-refractivity contribution in [1.29, 1.82) is 0 Å². The highest BCUT2D eigenvalue weighted by atomic mass is 16.5. The minimum Gasteiger partial charge on any atom is -0.379 e. The van der Waals surface area contributed by atoms with Gasteiger partial charge in [-0.25, -0.2) is 4.68 Å². The highest BCUT2D eigenvalue weighted by Gasteiger charge is 2.25. The van der Waals surface area contributed by atoms with Crippen molar-refractivity contribution in [1.82, 2.24) is 24.8 Å². The van der Waals surface area contributed by atoms with Crippen LogP contribution in [0.3, 0.4) is 0 Å². The van der Waals surface area contributed by atoms with Gasteiger partial charge in [0.25, 0.3) is 0 Å². The Morgan fingerprint density at radius 3 is 2.90 bits per heavy atom. The van der Waals surface area contributed by atoms with Gasteiger partial charge in [0.05, 0.1) is 19.4 Å². The summed E-state index contributed by atoms with van der Waals surface area (Å²) in [5.74, 6) is 0.726. The summed E-state index contributed by atoms with van der Waals surface area (Å²) in [5, 5.41) is 7.60. The molecule has 2 aliphatic rings. The molecule has 0 N–H and O–H groups in total. The third-order valence-electron chi connectivity index (χ3n) is 4.26. The van der Waals surface area contributed by atoms with E-state index in [-0.39, 0.29) is 5.91 Å². The van der Waals surface area contributed by atoms with E-state index < -0.39 is 0 Å². The summed E-state index contributed by atoms with van der Waals surface area (Å²) in [5.41, 5.74) is 0. The number of carbonyl (C=O) groups is 1. The Kier molecular flexibility index (Phi) is 4.82. The van der Waals surface area contributed by atoms with E-state index in [1.807, 2.05) is 4.90 Å². The number of ether oxygens (including phenoxy) is 1. The lowest BCUT2D eigenvalue weighted by atomic mass is 9.97. The van der Waals surface area contributed by atoms with Crippen LogP contribution in [0.1, 0.15) is 12.8 Å². The first-order valence-corrected chi connectivity index (χ1v) is 7.73. The number of nitrogens with zero attached hydrogens (tertiary/aromatic N) is 5. The average Bonchev–Trinajstić information content (AvgIpc) is 3.01. The third kappa shape index (κ3) is 4.01. The molecule has 1 aromatic rings. The van der Waals surface area contributed by atoms with E-state index >= 15 is 0 Å². The van der Waals surface area contributed by atoms with Crippen molar-refractivity contribution in [3.63, 3.8) is 0 Å². The fourth-order valence-corrected chi connectivity index (χ4v) is 3.15. The molecule has 3 heterocycles. The van der Waals surface area contributed by atoms with Gasteiger partial charge in [0.2, 0.25) is 5.91 Å². The van der Waals surface area contributed by atoms with Crippen molar-refractivity contribution in [3.8, 4) is 0 Å². The second-order valence-electron chi connectivity index (χ2n) is 5.86. The van der Waals surface area contributed by atoms with Crippen LogP contribution in [0.2, 0.25) is 0 Å². The molecule has 0 unspecified atom stereocenters. The van der Waals surface area contributed by atoms with E-state index in [4.69, 9.17) is 4.74 Å². The van der Waals surface area contributed by atoms with Gasteiger partial charge in [0.1, 0.15) is 6.54 Å². The van der Waals surface area contributed by atoms with Crippen LogP contribution < -0.4 is 0 Å². The van der Waals surface area contributed by atoms with Gasteiger partial charge in [-0.1, -0.05) is 5.21 Å².